The van der Waals surface area contributed by atoms with Crippen LogP contribution in [0.15, 0.2) is 41.0 Å². The first-order chi connectivity index (χ1) is 8.66. The van der Waals surface area contributed by atoms with Gasteiger partial charge in [-0.15, -0.1) is 10.2 Å². The fourth-order valence-corrected chi connectivity index (χ4v) is 2.29. The fourth-order valence-electron chi connectivity index (χ4n) is 1.78. The Morgan fingerprint density at radius 1 is 1.17 bits per heavy atom. The van der Waals surface area contributed by atoms with Crippen LogP contribution in [0.25, 0.3) is 17.0 Å². The van der Waals surface area contributed by atoms with Crippen molar-refractivity contribution < 1.29 is 0 Å². The minimum Gasteiger partial charge on any atom is -0.397 e. The van der Waals surface area contributed by atoms with Crippen molar-refractivity contribution in [2.45, 2.75) is 0 Å². The van der Waals surface area contributed by atoms with Crippen molar-refractivity contribution >= 4 is 38.9 Å². The van der Waals surface area contributed by atoms with E-state index in [-0.39, 0.29) is 0 Å². The van der Waals surface area contributed by atoms with Crippen LogP contribution in [0, 0.1) is 0 Å². The molecule has 3 aromatic rings. The van der Waals surface area contributed by atoms with Gasteiger partial charge in [-0.25, -0.2) is 0 Å². The molecule has 18 heavy (non-hydrogen) atoms. The number of nitrogens with zero attached hydrogens (tertiary/aromatic N) is 3. The van der Waals surface area contributed by atoms with Crippen molar-refractivity contribution in [3.05, 3.63) is 46.0 Å². The van der Waals surface area contributed by atoms with E-state index < -0.39 is 0 Å². The zero-order chi connectivity index (χ0) is 12.7. The van der Waals surface area contributed by atoms with Crippen LogP contribution >= 0.6 is 27.5 Å². The van der Waals surface area contributed by atoms with Crippen LogP contribution in [0.3, 0.4) is 0 Å². The highest BCUT2D eigenvalue weighted by Gasteiger charge is 2.12. The van der Waals surface area contributed by atoms with Gasteiger partial charge in [0.15, 0.2) is 11.5 Å². The molecule has 2 aromatic heterocycles. The molecule has 0 aliphatic carbocycles. The van der Waals surface area contributed by atoms with Gasteiger partial charge in [0.05, 0.1) is 10.7 Å². The molecule has 1 aromatic carbocycles. The number of nitrogen functional groups attached to an aromatic ring is 1. The third kappa shape index (κ3) is 1.76. The summed E-state index contributed by atoms with van der Waals surface area (Å²) < 4.78 is 2.81. The second kappa shape index (κ2) is 4.26. The highest BCUT2D eigenvalue weighted by Crippen LogP contribution is 2.30. The topological polar surface area (TPSA) is 56.2 Å². The zero-order valence-electron chi connectivity index (χ0n) is 9.14. The molecule has 0 saturated heterocycles. The predicted molar refractivity (Wildman–Crippen MR) is 75.5 cm³/mol. The lowest BCUT2D eigenvalue weighted by Gasteiger charge is -2.05. The molecule has 4 nitrogen and oxygen atoms in total. The number of halogens is 2. The number of pyridine rings is 1. The van der Waals surface area contributed by atoms with Crippen molar-refractivity contribution in [1.29, 1.82) is 0 Å². The highest BCUT2D eigenvalue weighted by molar-refractivity contribution is 9.10. The molecule has 0 spiro atoms. The molecule has 3 rings (SSSR count). The Bertz CT molecular complexity index is 738. The van der Waals surface area contributed by atoms with Gasteiger partial charge in [-0.3, -0.25) is 4.40 Å². The standard InChI is InChI=1S/C12H8BrClN4/c13-7-4-5-10-16-17-12(18(10)6-7)8-2-1-3-9(14)11(8)15/h1-6H,15H2. The van der Waals surface area contributed by atoms with Gasteiger partial charge in [0.2, 0.25) is 0 Å². The quantitative estimate of drug-likeness (QED) is 0.698. The van der Waals surface area contributed by atoms with Crippen LogP contribution in [0.5, 0.6) is 0 Å². The van der Waals surface area contributed by atoms with E-state index >= 15 is 0 Å². The third-order valence-electron chi connectivity index (χ3n) is 2.66. The van der Waals surface area contributed by atoms with Crippen molar-refractivity contribution in [2.75, 3.05) is 5.73 Å². The first-order valence-corrected chi connectivity index (χ1v) is 6.38. The smallest absolute Gasteiger partial charge is 0.170 e. The lowest BCUT2D eigenvalue weighted by molar-refractivity contribution is 1.11. The predicted octanol–water partition coefficient (Wildman–Crippen LogP) is 3.39. The summed E-state index contributed by atoms with van der Waals surface area (Å²) in [7, 11) is 0. The molecule has 0 radical (unpaired) electrons. The molecule has 0 aliphatic heterocycles. The highest BCUT2D eigenvalue weighted by atomic mass is 79.9. The maximum Gasteiger partial charge on any atom is 0.170 e. The Balaban J connectivity index is 2.32. The molecular formula is C12H8BrClN4. The Morgan fingerprint density at radius 3 is 2.83 bits per heavy atom. The van der Waals surface area contributed by atoms with Crippen LogP contribution in [0.1, 0.15) is 0 Å². The van der Waals surface area contributed by atoms with Gasteiger partial charge in [-0.2, -0.15) is 0 Å². The summed E-state index contributed by atoms with van der Waals surface area (Å²) in [6.45, 7) is 0. The summed E-state index contributed by atoms with van der Waals surface area (Å²) in [4.78, 5) is 0. The number of hydrogen-bond acceptors (Lipinski definition) is 3. The number of benzene rings is 1. The van der Waals surface area contributed by atoms with Crippen molar-refractivity contribution in [1.82, 2.24) is 14.6 Å². The second-order valence-corrected chi connectivity index (χ2v) is 5.12. The molecule has 0 amide bonds. The van der Waals surface area contributed by atoms with E-state index in [0.717, 1.165) is 15.7 Å². The normalized spacial score (nSPS) is 11.0. The van der Waals surface area contributed by atoms with E-state index in [1.54, 1.807) is 6.07 Å². The minimum absolute atomic E-state index is 0.508. The maximum atomic E-state index is 6.02. The van der Waals surface area contributed by atoms with Gasteiger partial charge in [0, 0.05) is 16.2 Å². The van der Waals surface area contributed by atoms with Gasteiger partial charge in [0.1, 0.15) is 0 Å². The van der Waals surface area contributed by atoms with Crippen molar-refractivity contribution in [2.24, 2.45) is 0 Å². The molecule has 0 fully saturated rings. The summed E-state index contributed by atoms with van der Waals surface area (Å²) in [5.74, 6) is 0.673. The Labute approximate surface area is 117 Å². The van der Waals surface area contributed by atoms with E-state index in [0.29, 0.717) is 16.5 Å². The average Bonchev–Trinajstić information content (AvgIpc) is 2.75. The molecule has 0 unspecified atom stereocenters. The van der Waals surface area contributed by atoms with Crippen molar-refractivity contribution in [3.8, 4) is 11.4 Å². The number of anilines is 1. The average molecular weight is 324 g/mol. The third-order valence-corrected chi connectivity index (χ3v) is 3.46. The van der Waals surface area contributed by atoms with Crippen molar-refractivity contribution in [3.63, 3.8) is 0 Å². The maximum absolute atomic E-state index is 6.02. The lowest BCUT2D eigenvalue weighted by atomic mass is 10.1. The van der Waals surface area contributed by atoms with Crippen LogP contribution in [0.2, 0.25) is 5.02 Å². The zero-order valence-corrected chi connectivity index (χ0v) is 11.5. The number of hydrogen-bond donors (Lipinski definition) is 1. The summed E-state index contributed by atoms with van der Waals surface area (Å²) >= 11 is 9.44. The molecule has 90 valence electrons. The van der Waals surface area contributed by atoms with E-state index in [9.17, 15) is 0 Å². The van der Waals surface area contributed by atoms with E-state index in [1.807, 2.05) is 34.9 Å². The molecule has 2 heterocycles. The monoisotopic (exact) mass is 322 g/mol. The first kappa shape index (κ1) is 11.5. The van der Waals surface area contributed by atoms with Crippen LogP contribution in [-0.4, -0.2) is 14.6 Å². The minimum atomic E-state index is 0.508. The van der Waals surface area contributed by atoms with E-state index in [1.165, 1.54) is 0 Å². The fraction of sp³-hybridized carbons (Fsp3) is 0. The van der Waals surface area contributed by atoms with Crippen LogP contribution in [-0.2, 0) is 0 Å². The number of rotatable bonds is 1. The van der Waals surface area contributed by atoms with Crippen LogP contribution in [0.4, 0.5) is 5.69 Å². The number of fused-ring (bicyclic) bond motifs is 1. The Kier molecular flexibility index (Phi) is 2.72. The van der Waals surface area contributed by atoms with Gasteiger partial charge < -0.3 is 5.73 Å². The molecule has 0 bridgehead atoms. The SMILES string of the molecule is Nc1c(Cl)cccc1-c1nnc2ccc(Br)cn12. The number of para-hydroxylation sites is 1. The van der Waals surface area contributed by atoms with E-state index in [2.05, 4.69) is 26.1 Å². The lowest BCUT2D eigenvalue weighted by Crippen LogP contribution is -1.95. The number of nitrogens with two attached hydrogens (primary N) is 1. The molecular weight excluding hydrogens is 316 g/mol. The van der Waals surface area contributed by atoms with Gasteiger partial charge in [-0.05, 0) is 40.2 Å². The largest absolute Gasteiger partial charge is 0.397 e. The Hall–Kier alpha value is -1.59. The van der Waals surface area contributed by atoms with E-state index in [4.69, 9.17) is 17.3 Å². The Morgan fingerprint density at radius 2 is 2.00 bits per heavy atom. The summed E-state index contributed by atoms with van der Waals surface area (Å²) in [5.41, 5.74) is 8.01. The summed E-state index contributed by atoms with van der Waals surface area (Å²) in [5, 5.41) is 8.78. The van der Waals surface area contributed by atoms with Crippen LogP contribution < -0.4 is 5.73 Å². The van der Waals surface area contributed by atoms with Gasteiger partial charge >= 0.3 is 0 Å². The second-order valence-electron chi connectivity index (χ2n) is 3.80. The number of aromatic nitrogens is 3. The molecule has 6 heteroatoms. The molecule has 0 aliphatic rings. The summed E-state index contributed by atoms with van der Waals surface area (Å²) in [6, 6.07) is 9.25. The molecule has 0 atom stereocenters. The molecule has 0 saturated carbocycles. The van der Waals surface area contributed by atoms with Gasteiger partial charge in [-0.1, -0.05) is 17.7 Å². The van der Waals surface area contributed by atoms with Gasteiger partial charge in [0.25, 0.3) is 0 Å². The summed E-state index contributed by atoms with van der Waals surface area (Å²) in [6.07, 6.45) is 1.89. The molecule has 2 N–H and O–H groups in total. The first-order valence-electron chi connectivity index (χ1n) is 5.21.